The summed E-state index contributed by atoms with van der Waals surface area (Å²) in [7, 11) is -2.53. The molecule has 7 nitrogen and oxygen atoms in total. The first-order valence-corrected chi connectivity index (χ1v) is 8.34. The highest BCUT2D eigenvalue weighted by Crippen LogP contribution is 2.21. The third kappa shape index (κ3) is 4.19. The third-order valence-electron chi connectivity index (χ3n) is 2.98. The number of methoxy groups -OCH3 is 1. The van der Waals surface area contributed by atoms with Gasteiger partial charge in [-0.15, -0.1) is 0 Å². The van der Waals surface area contributed by atoms with Crippen LogP contribution in [0.1, 0.15) is 15.9 Å². The van der Waals surface area contributed by atoms with Crippen molar-refractivity contribution in [2.45, 2.75) is 11.4 Å². The van der Waals surface area contributed by atoms with Crippen molar-refractivity contribution in [1.29, 1.82) is 0 Å². The minimum Gasteiger partial charge on any atom is -0.481 e. The number of ether oxygens (including phenoxy) is 1. The lowest BCUT2D eigenvalue weighted by atomic mass is 10.2. The molecule has 1 aromatic heterocycles. The van der Waals surface area contributed by atoms with Crippen molar-refractivity contribution in [2.75, 3.05) is 7.11 Å². The zero-order valence-electron chi connectivity index (χ0n) is 12.1. The summed E-state index contributed by atoms with van der Waals surface area (Å²) in [5, 5.41) is 7.67. The van der Waals surface area contributed by atoms with Gasteiger partial charge in [-0.1, -0.05) is 17.7 Å². The molecule has 1 aromatic carbocycles. The zero-order valence-corrected chi connectivity index (χ0v) is 13.7. The Morgan fingerprint density at radius 2 is 2.13 bits per heavy atom. The molecule has 0 bridgehead atoms. The first kappa shape index (κ1) is 17.2. The number of primary sulfonamides is 1. The summed E-state index contributed by atoms with van der Waals surface area (Å²) in [5.74, 6) is -0.0772. The molecule has 0 unspecified atom stereocenters. The topological polar surface area (TPSA) is 111 Å². The number of nitrogens with two attached hydrogens (primary N) is 1. The Morgan fingerprint density at radius 3 is 2.78 bits per heavy atom. The maximum absolute atomic E-state index is 12.2. The Bertz CT molecular complexity index is 840. The number of benzene rings is 1. The van der Waals surface area contributed by atoms with Crippen molar-refractivity contribution in [3.63, 3.8) is 0 Å². The monoisotopic (exact) mass is 355 g/mol. The van der Waals surface area contributed by atoms with Gasteiger partial charge in [0.25, 0.3) is 5.91 Å². The Kier molecular flexibility index (Phi) is 5.19. The van der Waals surface area contributed by atoms with Gasteiger partial charge in [0.1, 0.15) is 4.90 Å². The molecule has 0 aliphatic rings. The van der Waals surface area contributed by atoms with Crippen LogP contribution in [0, 0.1) is 0 Å². The molecule has 2 aromatic rings. The first-order chi connectivity index (χ1) is 10.8. The first-order valence-electron chi connectivity index (χ1n) is 6.41. The molecule has 9 heteroatoms. The largest absolute Gasteiger partial charge is 0.481 e. The molecule has 0 atom stereocenters. The average Bonchev–Trinajstić information content (AvgIpc) is 2.52. The Labute approximate surface area is 138 Å². The van der Waals surface area contributed by atoms with Crippen molar-refractivity contribution < 1.29 is 17.9 Å². The summed E-state index contributed by atoms with van der Waals surface area (Å²) in [4.78, 5) is 15.9. The number of carbonyl (C=O) groups excluding carboxylic acids is 1. The number of halogens is 1. The van der Waals surface area contributed by atoms with Crippen LogP contribution in [0.2, 0.25) is 5.02 Å². The van der Waals surface area contributed by atoms with E-state index in [1.807, 2.05) is 0 Å². The van der Waals surface area contributed by atoms with Crippen molar-refractivity contribution in [3.05, 3.63) is 52.7 Å². The molecule has 0 saturated carbocycles. The van der Waals surface area contributed by atoms with Crippen LogP contribution in [0.3, 0.4) is 0 Å². The van der Waals surface area contributed by atoms with Crippen LogP contribution in [-0.4, -0.2) is 26.4 Å². The lowest BCUT2D eigenvalue weighted by Crippen LogP contribution is -2.24. The molecule has 122 valence electrons. The van der Waals surface area contributed by atoms with E-state index in [1.54, 1.807) is 18.3 Å². The number of pyridine rings is 1. The van der Waals surface area contributed by atoms with Crippen LogP contribution in [0.5, 0.6) is 5.88 Å². The van der Waals surface area contributed by atoms with Gasteiger partial charge in [0, 0.05) is 23.9 Å². The molecule has 0 spiro atoms. The number of rotatable bonds is 5. The van der Waals surface area contributed by atoms with Gasteiger partial charge in [-0.25, -0.2) is 18.5 Å². The minimum absolute atomic E-state index is 0.0435. The number of amides is 1. The number of carbonyl (C=O) groups is 1. The molecule has 0 fully saturated rings. The van der Waals surface area contributed by atoms with E-state index in [4.69, 9.17) is 21.5 Å². The van der Waals surface area contributed by atoms with Crippen LogP contribution in [0.4, 0.5) is 0 Å². The van der Waals surface area contributed by atoms with Gasteiger partial charge in [-0.2, -0.15) is 0 Å². The Balaban J connectivity index is 2.19. The molecule has 0 saturated heterocycles. The molecule has 3 N–H and O–H groups in total. The van der Waals surface area contributed by atoms with Crippen LogP contribution in [-0.2, 0) is 16.6 Å². The number of hydrogen-bond donors (Lipinski definition) is 2. The van der Waals surface area contributed by atoms with E-state index in [-0.39, 0.29) is 22.0 Å². The quantitative estimate of drug-likeness (QED) is 0.840. The highest BCUT2D eigenvalue weighted by atomic mass is 35.5. The Hall–Kier alpha value is -2.16. The van der Waals surface area contributed by atoms with E-state index >= 15 is 0 Å². The smallest absolute Gasteiger partial charge is 0.251 e. The predicted molar refractivity (Wildman–Crippen MR) is 84.8 cm³/mol. The Morgan fingerprint density at radius 1 is 1.39 bits per heavy atom. The lowest BCUT2D eigenvalue weighted by molar-refractivity contribution is 0.0950. The standard InChI is InChI=1S/C14H14ClN3O4S/c1-22-14-10(3-2-6-17-14)8-18-13(19)9-4-5-11(15)12(7-9)23(16,20)21/h2-7H,8H2,1H3,(H,18,19)(H2,16,20,21). The maximum atomic E-state index is 12.2. The third-order valence-corrected chi connectivity index (χ3v) is 4.38. The predicted octanol–water partition coefficient (Wildman–Crippen LogP) is 1.32. The molecular weight excluding hydrogens is 342 g/mol. The van der Waals surface area contributed by atoms with Crippen LogP contribution in [0.25, 0.3) is 0 Å². The fourth-order valence-corrected chi connectivity index (χ4v) is 2.95. The van der Waals surface area contributed by atoms with Gasteiger partial charge in [0.05, 0.1) is 12.1 Å². The molecule has 0 aliphatic carbocycles. The number of sulfonamides is 1. The number of hydrogen-bond acceptors (Lipinski definition) is 5. The lowest BCUT2D eigenvalue weighted by Gasteiger charge is -2.09. The molecule has 0 aliphatic heterocycles. The van der Waals surface area contributed by atoms with Gasteiger partial charge in [-0.3, -0.25) is 4.79 Å². The molecule has 2 rings (SSSR count). The molecule has 23 heavy (non-hydrogen) atoms. The van der Waals surface area contributed by atoms with Crippen LogP contribution < -0.4 is 15.2 Å². The average molecular weight is 356 g/mol. The summed E-state index contributed by atoms with van der Waals surface area (Å²) < 4.78 is 27.9. The van der Waals surface area contributed by atoms with E-state index in [0.717, 1.165) is 6.07 Å². The van der Waals surface area contributed by atoms with Crippen molar-refractivity contribution in [3.8, 4) is 5.88 Å². The molecular formula is C14H14ClN3O4S. The van der Waals surface area contributed by atoms with Crippen LogP contribution >= 0.6 is 11.6 Å². The second kappa shape index (κ2) is 6.95. The van der Waals surface area contributed by atoms with Crippen molar-refractivity contribution >= 4 is 27.5 Å². The highest BCUT2D eigenvalue weighted by molar-refractivity contribution is 7.89. The minimum atomic E-state index is -4.01. The van der Waals surface area contributed by atoms with Gasteiger partial charge < -0.3 is 10.1 Å². The zero-order chi connectivity index (χ0) is 17.0. The summed E-state index contributed by atoms with van der Waals surface area (Å²) >= 11 is 5.78. The summed E-state index contributed by atoms with van der Waals surface area (Å²) in [6.45, 7) is 0.170. The van der Waals surface area contributed by atoms with E-state index in [2.05, 4.69) is 10.3 Å². The number of aromatic nitrogens is 1. The van der Waals surface area contributed by atoms with E-state index < -0.39 is 15.9 Å². The molecule has 1 amide bonds. The number of nitrogens with one attached hydrogen (secondary N) is 1. The number of nitrogens with zero attached hydrogens (tertiary/aromatic N) is 1. The van der Waals surface area contributed by atoms with Gasteiger partial charge >= 0.3 is 0 Å². The second-order valence-electron chi connectivity index (χ2n) is 4.54. The molecule has 1 heterocycles. The van der Waals surface area contributed by atoms with Gasteiger partial charge in [0.2, 0.25) is 15.9 Å². The SMILES string of the molecule is COc1ncccc1CNC(=O)c1ccc(Cl)c(S(N)(=O)=O)c1. The van der Waals surface area contributed by atoms with Gasteiger partial charge in [-0.05, 0) is 24.3 Å². The summed E-state index contributed by atoms with van der Waals surface area (Å²) in [6.07, 6.45) is 1.57. The van der Waals surface area contributed by atoms with E-state index in [1.165, 1.54) is 19.2 Å². The molecule has 0 radical (unpaired) electrons. The van der Waals surface area contributed by atoms with Crippen molar-refractivity contribution in [1.82, 2.24) is 10.3 Å². The fraction of sp³-hybridized carbons (Fsp3) is 0.143. The second-order valence-corrected chi connectivity index (χ2v) is 6.48. The van der Waals surface area contributed by atoms with E-state index in [0.29, 0.717) is 11.4 Å². The fourth-order valence-electron chi connectivity index (χ4n) is 1.88. The maximum Gasteiger partial charge on any atom is 0.251 e. The highest BCUT2D eigenvalue weighted by Gasteiger charge is 2.16. The van der Waals surface area contributed by atoms with Gasteiger partial charge in [0.15, 0.2) is 0 Å². The van der Waals surface area contributed by atoms with E-state index in [9.17, 15) is 13.2 Å². The van der Waals surface area contributed by atoms with Crippen molar-refractivity contribution in [2.24, 2.45) is 5.14 Å². The van der Waals surface area contributed by atoms with Crippen LogP contribution in [0.15, 0.2) is 41.4 Å². The summed E-state index contributed by atoms with van der Waals surface area (Å²) in [5.41, 5.74) is 0.810. The normalized spacial score (nSPS) is 11.1. The summed E-state index contributed by atoms with van der Waals surface area (Å²) in [6, 6.07) is 7.32.